The minimum absolute atomic E-state index is 0. The van der Waals surface area contributed by atoms with Crippen LogP contribution < -0.4 is 24.3 Å². The number of fused-ring (bicyclic) bond motifs is 2. The fourth-order valence-corrected chi connectivity index (χ4v) is 7.19. The van der Waals surface area contributed by atoms with Gasteiger partial charge in [-0.1, -0.05) is 125 Å². The maximum Gasteiger partial charge on any atom is 0.127 e. The molecule has 6 nitrogen and oxygen atoms in total. The topological polar surface area (TPSA) is 52.2 Å². The van der Waals surface area contributed by atoms with Crippen molar-refractivity contribution in [2.45, 2.75) is 50.7 Å². The molecule has 8 heteroatoms. The van der Waals surface area contributed by atoms with Crippen molar-refractivity contribution >= 4 is 49.9 Å². The number of rotatable bonds is 11. The maximum absolute atomic E-state index is 6.26. The summed E-state index contributed by atoms with van der Waals surface area (Å²) in [6.45, 7) is 11.0. The fraction of sp³-hybridized carbons (Fsp3) is 0.333. The van der Waals surface area contributed by atoms with Crippen LogP contribution in [0.2, 0.25) is 0 Å². The lowest BCUT2D eigenvalue weighted by molar-refractivity contribution is 0.0136. The van der Waals surface area contributed by atoms with E-state index in [-0.39, 0.29) is 23.6 Å². The Kier molecular flexibility index (Phi) is 16.7. The van der Waals surface area contributed by atoms with Gasteiger partial charge in [-0.2, -0.15) is 0 Å². The first-order valence-electron chi connectivity index (χ1n) is 19.6. The average molecular weight is 840 g/mol. The fourth-order valence-electron chi connectivity index (χ4n) is 7.03. The molecule has 2 fully saturated rings. The van der Waals surface area contributed by atoms with E-state index >= 15 is 0 Å². The predicted molar refractivity (Wildman–Crippen MR) is 239 cm³/mol. The molecule has 2 heterocycles. The van der Waals surface area contributed by atoms with Gasteiger partial charge in [0.05, 0.1) is 6.61 Å². The Hall–Kier alpha value is -4.27. The number of hydrogen-bond acceptors (Lipinski definition) is 6. The van der Waals surface area contributed by atoms with E-state index in [9.17, 15) is 0 Å². The van der Waals surface area contributed by atoms with Crippen LogP contribution in [-0.2, 0) is 0 Å². The van der Waals surface area contributed by atoms with E-state index in [2.05, 4.69) is 101 Å². The Bertz CT molecular complexity index is 2010. The highest BCUT2D eigenvalue weighted by Gasteiger charge is 2.32. The first-order valence-corrected chi connectivity index (χ1v) is 20.7. The third-order valence-corrected chi connectivity index (χ3v) is 10.6. The molecule has 0 unspecified atom stereocenters. The molecule has 1 N–H and O–H groups in total. The van der Waals surface area contributed by atoms with Gasteiger partial charge in [-0.15, -0.1) is 12.4 Å². The van der Waals surface area contributed by atoms with Crippen LogP contribution in [0.4, 0.5) is 0 Å². The average Bonchev–Trinajstić information content (AvgIpc) is 3.22. The van der Waals surface area contributed by atoms with Crippen molar-refractivity contribution in [1.29, 1.82) is 0 Å². The van der Waals surface area contributed by atoms with E-state index in [0.717, 1.165) is 86.7 Å². The number of likely N-dealkylation sites (tertiary alicyclic amines) is 1. The normalized spacial score (nSPS) is 15.8. The first-order chi connectivity index (χ1) is 26.9. The van der Waals surface area contributed by atoms with Crippen LogP contribution >= 0.6 is 28.3 Å². The summed E-state index contributed by atoms with van der Waals surface area (Å²) in [5.74, 6) is 3.88. The van der Waals surface area contributed by atoms with Crippen molar-refractivity contribution in [3.63, 3.8) is 0 Å². The Morgan fingerprint density at radius 3 is 1.46 bits per heavy atom. The van der Waals surface area contributed by atoms with Crippen molar-refractivity contribution in [2.75, 3.05) is 51.3 Å². The predicted octanol–water partition coefficient (Wildman–Crippen LogP) is 11.4. The smallest absolute Gasteiger partial charge is 0.127 e. The molecule has 0 saturated carbocycles. The van der Waals surface area contributed by atoms with E-state index in [1.165, 1.54) is 21.5 Å². The summed E-state index contributed by atoms with van der Waals surface area (Å²) in [5.41, 5.74) is -0.0546. The number of nitrogens with one attached hydrogen (secondary N) is 1. The highest BCUT2D eigenvalue weighted by atomic mass is 79.9. The third kappa shape index (κ3) is 12.9. The number of nitrogens with zero attached hydrogens (tertiary/aromatic N) is 1. The van der Waals surface area contributed by atoms with Gasteiger partial charge in [0.1, 0.15) is 40.8 Å². The summed E-state index contributed by atoms with van der Waals surface area (Å²) in [6, 6.07) is 49.2. The molecular formula is C48H56BrClN2O4. The molecule has 6 aromatic carbocycles. The first kappa shape index (κ1) is 42.9. The van der Waals surface area contributed by atoms with Crippen LogP contribution in [0.15, 0.2) is 146 Å². The summed E-state index contributed by atoms with van der Waals surface area (Å²) >= 11 is 3.35. The molecule has 2 saturated heterocycles. The molecule has 2 aliphatic heterocycles. The Morgan fingerprint density at radius 2 is 0.964 bits per heavy atom. The SMILES string of the molecule is BrCCOc1cccc2ccccc12.CC1(Oc2ccccc2)CCN(CCOc2cccc3ccccc23)CC1.CC1(Oc2ccccc2)CCNCC1.Cl. The van der Waals surface area contributed by atoms with E-state index in [4.69, 9.17) is 18.9 Å². The van der Waals surface area contributed by atoms with Gasteiger partial charge in [-0.05, 0) is 99.8 Å². The van der Waals surface area contributed by atoms with Gasteiger partial charge in [0.25, 0.3) is 0 Å². The number of alkyl halides is 1. The number of ether oxygens (including phenoxy) is 4. The summed E-state index contributed by atoms with van der Waals surface area (Å²) in [6.07, 6.45) is 4.25. The highest BCUT2D eigenvalue weighted by Crippen LogP contribution is 2.30. The molecule has 6 aromatic rings. The van der Waals surface area contributed by atoms with Crippen LogP contribution in [0.5, 0.6) is 23.0 Å². The maximum atomic E-state index is 6.26. The molecule has 2 aliphatic rings. The number of benzene rings is 6. The van der Waals surface area contributed by atoms with Gasteiger partial charge < -0.3 is 24.3 Å². The largest absolute Gasteiger partial charge is 0.492 e. The van der Waals surface area contributed by atoms with Gasteiger partial charge in [0.2, 0.25) is 0 Å². The van der Waals surface area contributed by atoms with Gasteiger partial charge >= 0.3 is 0 Å². The Morgan fingerprint density at radius 1 is 0.536 bits per heavy atom. The summed E-state index contributed by atoms with van der Waals surface area (Å²) in [5, 5.41) is 9.01. The molecule has 296 valence electrons. The molecule has 0 bridgehead atoms. The van der Waals surface area contributed by atoms with E-state index in [1.807, 2.05) is 84.9 Å². The minimum Gasteiger partial charge on any atom is -0.492 e. The molecule has 0 spiro atoms. The minimum atomic E-state index is -0.0751. The van der Waals surface area contributed by atoms with Gasteiger partial charge in [0.15, 0.2) is 0 Å². The van der Waals surface area contributed by atoms with E-state index in [1.54, 1.807) is 0 Å². The zero-order valence-electron chi connectivity index (χ0n) is 32.7. The summed E-state index contributed by atoms with van der Waals surface area (Å²) in [4.78, 5) is 2.47. The molecule has 0 aromatic heterocycles. The Balaban J connectivity index is 0.000000175. The van der Waals surface area contributed by atoms with Gasteiger partial charge in [-0.3, -0.25) is 4.90 Å². The molecule has 56 heavy (non-hydrogen) atoms. The molecule has 0 atom stereocenters. The van der Waals surface area contributed by atoms with Crippen LogP contribution in [0.3, 0.4) is 0 Å². The summed E-state index contributed by atoms with van der Waals surface area (Å²) in [7, 11) is 0. The lowest BCUT2D eigenvalue weighted by Gasteiger charge is -2.39. The molecular weight excluding hydrogens is 784 g/mol. The second kappa shape index (κ2) is 21.9. The Labute approximate surface area is 348 Å². The number of hydrogen-bond donors (Lipinski definition) is 1. The van der Waals surface area contributed by atoms with Gasteiger partial charge in [0, 0.05) is 35.7 Å². The number of piperidine rings is 2. The second-order valence-electron chi connectivity index (χ2n) is 14.7. The monoisotopic (exact) mass is 838 g/mol. The van der Waals surface area contributed by atoms with E-state index < -0.39 is 0 Å². The van der Waals surface area contributed by atoms with Crippen LogP contribution in [0.1, 0.15) is 39.5 Å². The van der Waals surface area contributed by atoms with Crippen LogP contribution in [-0.4, -0.2) is 67.4 Å². The van der Waals surface area contributed by atoms with Crippen molar-refractivity contribution in [2.24, 2.45) is 0 Å². The van der Waals surface area contributed by atoms with Crippen molar-refractivity contribution in [1.82, 2.24) is 10.2 Å². The molecule has 0 radical (unpaired) electrons. The van der Waals surface area contributed by atoms with Crippen LogP contribution in [0.25, 0.3) is 21.5 Å². The molecule has 0 aliphatic carbocycles. The second-order valence-corrected chi connectivity index (χ2v) is 15.5. The number of para-hydroxylation sites is 2. The van der Waals surface area contributed by atoms with Crippen molar-refractivity contribution < 1.29 is 18.9 Å². The summed E-state index contributed by atoms with van der Waals surface area (Å²) < 4.78 is 24.0. The van der Waals surface area contributed by atoms with Crippen molar-refractivity contribution in [3.05, 3.63) is 146 Å². The lowest BCUT2D eigenvalue weighted by Crippen LogP contribution is -2.47. The highest BCUT2D eigenvalue weighted by molar-refractivity contribution is 9.09. The molecule has 8 rings (SSSR count). The standard InChI is InChI=1S/C24H27NO2.C12H11BrO.C12H17NO.ClH/c1-24(27-21-10-3-2-4-11-21)14-16-25(17-15-24)18-19-26-23-13-7-9-20-8-5-6-12-22(20)23;13-8-9-14-12-7-3-5-10-4-1-2-6-11(10)12;1-12(7-9-13-10-8-12)14-11-5-3-2-4-6-11;/h2-13H,14-19H2,1H3;1-7H,8-9H2;2-6,13H,7-10H2,1H3;1H. The molecule has 0 amide bonds. The van der Waals surface area contributed by atoms with Crippen LogP contribution in [0, 0.1) is 0 Å². The lowest BCUT2D eigenvalue weighted by atomic mass is 9.93. The third-order valence-electron chi connectivity index (χ3n) is 10.3. The van der Waals surface area contributed by atoms with E-state index in [0.29, 0.717) is 13.2 Å². The quantitative estimate of drug-likeness (QED) is 0.131. The zero-order valence-corrected chi connectivity index (χ0v) is 35.1. The van der Waals surface area contributed by atoms with Gasteiger partial charge in [-0.25, -0.2) is 0 Å². The number of halogens is 2. The van der Waals surface area contributed by atoms with Crippen molar-refractivity contribution in [3.8, 4) is 23.0 Å². The zero-order chi connectivity index (χ0) is 38.2.